The van der Waals surface area contributed by atoms with Crippen LogP contribution in [0.1, 0.15) is 26.3 Å². The number of nitrogens with one attached hydrogen (secondary N) is 1. The van der Waals surface area contributed by atoms with E-state index < -0.39 is 17.8 Å². The smallest absolute Gasteiger partial charge is 0.332 e. The van der Waals surface area contributed by atoms with Crippen molar-refractivity contribution < 1.29 is 24.2 Å². The molecule has 0 heterocycles. The molecule has 0 aromatic heterocycles. The van der Waals surface area contributed by atoms with Crippen LogP contribution in [0.15, 0.2) is 54.6 Å². The SMILES string of the molecule is COC(=O)/C=C(\NC(=O)c1ccc(Cl)cc1)c1ccc(C(=O)[O-])cc1. The molecule has 1 amide bonds. The van der Waals surface area contributed by atoms with Crippen LogP contribution in [0.4, 0.5) is 0 Å². The van der Waals surface area contributed by atoms with Gasteiger partial charge < -0.3 is 20.0 Å². The first kappa shape index (κ1) is 18.2. The summed E-state index contributed by atoms with van der Waals surface area (Å²) in [4.78, 5) is 34.7. The molecule has 0 saturated carbocycles. The van der Waals surface area contributed by atoms with Crippen molar-refractivity contribution >= 4 is 35.1 Å². The van der Waals surface area contributed by atoms with E-state index in [-0.39, 0.29) is 11.3 Å². The van der Waals surface area contributed by atoms with E-state index in [9.17, 15) is 19.5 Å². The third-order valence-corrected chi connectivity index (χ3v) is 3.50. The number of carbonyl (C=O) groups excluding carboxylic acids is 3. The molecule has 128 valence electrons. The zero-order valence-corrected chi connectivity index (χ0v) is 13.9. The monoisotopic (exact) mass is 358 g/mol. The van der Waals surface area contributed by atoms with E-state index in [0.717, 1.165) is 6.08 Å². The second-order valence-electron chi connectivity index (χ2n) is 4.91. The number of carbonyl (C=O) groups is 3. The molecule has 2 aromatic rings. The molecule has 1 N–H and O–H groups in total. The predicted octanol–water partition coefficient (Wildman–Crippen LogP) is 1.65. The largest absolute Gasteiger partial charge is 0.545 e. The van der Waals surface area contributed by atoms with E-state index in [1.54, 1.807) is 12.1 Å². The fourth-order valence-electron chi connectivity index (χ4n) is 1.95. The Morgan fingerprint density at radius 1 is 0.960 bits per heavy atom. The molecule has 0 aliphatic heterocycles. The van der Waals surface area contributed by atoms with Crippen molar-refractivity contribution in [1.29, 1.82) is 0 Å². The molecule has 2 rings (SSSR count). The van der Waals surface area contributed by atoms with Gasteiger partial charge in [-0.3, -0.25) is 4.79 Å². The summed E-state index contributed by atoms with van der Waals surface area (Å²) < 4.78 is 4.58. The number of halogens is 1. The number of hydrogen-bond donors (Lipinski definition) is 1. The maximum absolute atomic E-state index is 12.3. The molecule has 7 heteroatoms. The van der Waals surface area contributed by atoms with Crippen molar-refractivity contribution in [2.45, 2.75) is 0 Å². The number of aromatic carboxylic acids is 1. The highest BCUT2D eigenvalue weighted by molar-refractivity contribution is 6.30. The second kappa shape index (κ2) is 8.12. The standard InChI is InChI=1S/C18H14ClNO5/c1-25-16(21)10-15(11-2-4-13(5-3-11)18(23)24)20-17(22)12-6-8-14(19)9-7-12/h2-10H,1H3,(H,20,22)(H,23,24)/p-1/b15-10-. The van der Waals surface area contributed by atoms with Gasteiger partial charge in [-0.25, -0.2) is 4.79 Å². The summed E-state index contributed by atoms with van der Waals surface area (Å²) >= 11 is 5.79. The van der Waals surface area contributed by atoms with Gasteiger partial charge in [0.05, 0.1) is 18.8 Å². The minimum Gasteiger partial charge on any atom is -0.545 e. The molecule has 0 fully saturated rings. The summed E-state index contributed by atoms with van der Waals surface area (Å²) in [5.41, 5.74) is 0.908. The maximum Gasteiger partial charge on any atom is 0.332 e. The van der Waals surface area contributed by atoms with Gasteiger partial charge in [0.15, 0.2) is 0 Å². The van der Waals surface area contributed by atoms with Crippen molar-refractivity contribution in [1.82, 2.24) is 5.32 Å². The average molecular weight is 359 g/mol. The van der Waals surface area contributed by atoms with Gasteiger partial charge in [-0.05, 0) is 35.4 Å². The third-order valence-electron chi connectivity index (χ3n) is 3.25. The molecular weight excluding hydrogens is 346 g/mol. The van der Waals surface area contributed by atoms with E-state index in [1.807, 2.05) is 0 Å². The summed E-state index contributed by atoms with van der Waals surface area (Å²) in [6.07, 6.45) is 1.10. The van der Waals surface area contributed by atoms with Crippen LogP contribution in [0.3, 0.4) is 0 Å². The van der Waals surface area contributed by atoms with Crippen molar-refractivity contribution in [3.05, 3.63) is 76.3 Å². The minimum atomic E-state index is -1.32. The second-order valence-corrected chi connectivity index (χ2v) is 5.34. The molecule has 2 aromatic carbocycles. The number of carboxylic acid groups (broad SMARTS) is 1. The Labute approximate surface area is 148 Å². The summed E-state index contributed by atoms with van der Waals surface area (Å²) in [5.74, 6) is -2.46. The fraction of sp³-hybridized carbons (Fsp3) is 0.0556. The summed E-state index contributed by atoms with van der Waals surface area (Å²) in [5, 5.41) is 13.9. The molecule has 0 saturated heterocycles. The predicted molar refractivity (Wildman–Crippen MR) is 89.7 cm³/mol. The normalized spacial score (nSPS) is 10.9. The molecule has 6 nitrogen and oxygen atoms in total. The van der Waals surface area contributed by atoms with Crippen molar-refractivity contribution in [2.24, 2.45) is 0 Å². The lowest BCUT2D eigenvalue weighted by molar-refractivity contribution is -0.255. The van der Waals surface area contributed by atoms with E-state index >= 15 is 0 Å². The van der Waals surface area contributed by atoms with E-state index in [4.69, 9.17) is 11.6 Å². The number of benzene rings is 2. The molecule has 0 unspecified atom stereocenters. The topological polar surface area (TPSA) is 95.5 Å². The first-order valence-electron chi connectivity index (χ1n) is 7.09. The van der Waals surface area contributed by atoms with Gasteiger partial charge in [0.1, 0.15) is 0 Å². The highest BCUT2D eigenvalue weighted by Crippen LogP contribution is 2.15. The Morgan fingerprint density at radius 2 is 1.48 bits per heavy atom. The summed E-state index contributed by atoms with van der Waals surface area (Å²) in [6, 6.07) is 11.7. The number of rotatable bonds is 5. The van der Waals surface area contributed by atoms with Crippen molar-refractivity contribution in [2.75, 3.05) is 7.11 Å². The third kappa shape index (κ3) is 4.92. The van der Waals surface area contributed by atoms with Gasteiger partial charge in [0.2, 0.25) is 0 Å². The van der Waals surface area contributed by atoms with Gasteiger partial charge in [0.25, 0.3) is 5.91 Å². The Bertz CT molecular complexity index is 826. The number of amides is 1. The number of ether oxygens (including phenoxy) is 1. The Hall–Kier alpha value is -3.12. The number of methoxy groups -OCH3 is 1. The van der Waals surface area contributed by atoms with Crippen LogP contribution in [0.5, 0.6) is 0 Å². The first-order valence-corrected chi connectivity index (χ1v) is 7.47. The van der Waals surface area contributed by atoms with E-state index in [0.29, 0.717) is 16.1 Å². The van der Waals surface area contributed by atoms with Gasteiger partial charge in [-0.1, -0.05) is 35.9 Å². The first-order chi connectivity index (χ1) is 11.9. The molecule has 0 aliphatic rings. The lowest BCUT2D eigenvalue weighted by Gasteiger charge is -2.11. The quantitative estimate of drug-likeness (QED) is 0.647. The lowest BCUT2D eigenvalue weighted by Crippen LogP contribution is -2.24. The van der Waals surface area contributed by atoms with Gasteiger partial charge in [0, 0.05) is 16.7 Å². The van der Waals surface area contributed by atoms with Gasteiger partial charge in [-0.2, -0.15) is 0 Å². The van der Waals surface area contributed by atoms with Crippen LogP contribution in [-0.2, 0) is 9.53 Å². The van der Waals surface area contributed by atoms with Crippen molar-refractivity contribution in [3.63, 3.8) is 0 Å². The van der Waals surface area contributed by atoms with E-state index in [2.05, 4.69) is 10.1 Å². The summed E-state index contributed by atoms with van der Waals surface area (Å²) in [6.45, 7) is 0. The molecule has 0 atom stereocenters. The molecule has 0 radical (unpaired) electrons. The van der Waals surface area contributed by atoms with Crippen LogP contribution in [0.25, 0.3) is 5.70 Å². The Balaban J connectivity index is 2.31. The maximum atomic E-state index is 12.3. The Morgan fingerprint density at radius 3 is 2.00 bits per heavy atom. The number of carboxylic acids is 1. The van der Waals surface area contributed by atoms with Gasteiger partial charge >= 0.3 is 5.97 Å². The highest BCUT2D eigenvalue weighted by atomic mass is 35.5. The zero-order valence-electron chi connectivity index (χ0n) is 13.1. The molecule has 0 aliphatic carbocycles. The minimum absolute atomic E-state index is 0.0230. The van der Waals surface area contributed by atoms with Crippen molar-refractivity contribution in [3.8, 4) is 0 Å². The average Bonchev–Trinajstić information content (AvgIpc) is 2.61. The lowest BCUT2D eigenvalue weighted by atomic mass is 10.1. The number of hydrogen-bond acceptors (Lipinski definition) is 5. The van der Waals surface area contributed by atoms with Crippen LogP contribution < -0.4 is 10.4 Å². The highest BCUT2D eigenvalue weighted by Gasteiger charge is 2.12. The summed E-state index contributed by atoms with van der Waals surface area (Å²) in [7, 11) is 1.21. The van der Waals surface area contributed by atoms with Crippen LogP contribution in [0.2, 0.25) is 5.02 Å². The molecule has 25 heavy (non-hydrogen) atoms. The Kier molecular flexibility index (Phi) is 5.92. The van der Waals surface area contributed by atoms with E-state index in [1.165, 1.54) is 43.5 Å². The van der Waals surface area contributed by atoms with Gasteiger partial charge in [-0.15, -0.1) is 0 Å². The number of esters is 1. The zero-order chi connectivity index (χ0) is 18.4. The van der Waals surface area contributed by atoms with Crippen LogP contribution in [0, 0.1) is 0 Å². The van der Waals surface area contributed by atoms with Crippen LogP contribution >= 0.6 is 11.6 Å². The molecular formula is C18H13ClNO5-. The fourth-order valence-corrected chi connectivity index (χ4v) is 2.08. The molecule has 0 spiro atoms. The molecule has 0 bridgehead atoms. The van der Waals surface area contributed by atoms with Crippen LogP contribution in [-0.4, -0.2) is 25.0 Å².